The minimum Gasteiger partial charge on any atom is -0.492 e. The molecular formula is C31H39NO2. The van der Waals surface area contributed by atoms with Crippen molar-refractivity contribution in [2.45, 2.75) is 33.1 Å². The first-order chi connectivity index (χ1) is 16.5. The first kappa shape index (κ1) is 25.7. The Bertz CT molecular complexity index is 1020. The van der Waals surface area contributed by atoms with E-state index in [2.05, 4.69) is 104 Å². The van der Waals surface area contributed by atoms with Crippen LogP contribution < -0.4 is 4.74 Å². The van der Waals surface area contributed by atoms with Gasteiger partial charge in [0.1, 0.15) is 12.4 Å². The van der Waals surface area contributed by atoms with Crippen LogP contribution in [0.4, 0.5) is 0 Å². The molecular weight excluding hydrogens is 418 g/mol. The van der Waals surface area contributed by atoms with Gasteiger partial charge in [-0.15, -0.1) is 0 Å². The number of benzene rings is 3. The third-order valence-corrected chi connectivity index (χ3v) is 6.56. The summed E-state index contributed by atoms with van der Waals surface area (Å²) >= 11 is 0. The predicted octanol–water partition coefficient (Wildman–Crippen LogP) is 6.77. The number of aliphatic hydroxyl groups is 1. The summed E-state index contributed by atoms with van der Waals surface area (Å²) in [7, 11) is 4.10. The van der Waals surface area contributed by atoms with Gasteiger partial charge in [0.15, 0.2) is 0 Å². The molecule has 0 amide bonds. The number of ether oxygens (including phenoxy) is 1. The van der Waals surface area contributed by atoms with Gasteiger partial charge in [0.2, 0.25) is 0 Å². The van der Waals surface area contributed by atoms with E-state index < -0.39 is 0 Å². The van der Waals surface area contributed by atoms with Crippen molar-refractivity contribution < 1.29 is 9.84 Å². The summed E-state index contributed by atoms with van der Waals surface area (Å²) in [6.45, 7) is 6.04. The topological polar surface area (TPSA) is 32.7 Å². The maximum Gasteiger partial charge on any atom is 0.119 e. The molecule has 0 saturated heterocycles. The summed E-state index contributed by atoms with van der Waals surface area (Å²) in [6, 6.07) is 29.6. The van der Waals surface area contributed by atoms with Crippen LogP contribution in [0.1, 0.15) is 49.8 Å². The molecule has 0 saturated carbocycles. The third-order valence-electron chi connectivity index (χ3n) is 6.56. The van der Waals surface area contributed by atoms with E-state index in [4.69, 9.17) is 4.74 Å². The molecule has 1 atom stereocenters. The third kappa shape index (κ3) is 6.16. The maximum atomic E-state index is 10.8. The molecule has 0 aliphatic rings. The minimum atomic E-state index is -0.331. The monoisotopic (exact) mass is 457 g/mol. The van der Waals surface area contributed by atoms with Gasteiger partial charge in [-0.25, -0.2) is 0 Å². The fourth-order valence-corrected chi connectivity index (χ4v) is 4.67. The van der Waals surface area contributed by atoms with Gasteiger partial charge in [0.25, 0.3) is 0 Å². The Morgan fingerprint density at radius 3 is 1.85 bits per heavy atom. The van der Waals surface area contributed by atoms with E-state index in [1.165, 1.54) is 11.1 Å². The zero-order valence-corrected chi connectivity index (χ0v) is 21.1. The number of likely N-dealkylation sites (N-methyl/N-ethyl adjacent to an activating group) is 1. The van der Waals surface area contributed by atoms with E-state index in [9.17, 15) is 5.11 Å². The van der Waals surface area contributed by atoms with Crippen molar-refractivity contribution in [2.24, 2.45) is 5.41 Å². The van der Waals surface area contributed by atoms with E-state index in [1.54, 1.807) is 0 Å². The first-order valence-corrected chi connectivity index (χ1v) is 12.4. The lowest BCUT2D eigenvalue weighted by molar-refractivity contribution is 0.163. The highest BCUT2D eigenvalue weighted by Crippen LogP contribution is 2.48. The molecule has 3 nitrogen and oxygen atoms in total. The van der Waals surface area contributed by atoms with Crippen LogP contribution in [-0.2, 0) is 0 Å². The summed E-state index contributed by atoms with van der Waals surface area (Å²) in [5, 5.41) is 10.8. The van der Waals surface area contributed by atoms with Crippen LogP contribution in [0.3, 0.4) is 0 Å². The molecule has 0 heterocycles. The number of aliphatic hydroxyl groups excluding tert-OH is 1. The van der Waals surface area contributed by atoms with E-state index >= 15 is 0 Å². The van der Waals surface area contributed by atoms with Crippen molar-refractivity contribution in [1.29, 1.82) is 0 Å². The molecule has 0 aromatic heterocycles. The molecule has 1 N–H and O–H groups in total. The van der Waals surface area contributed by atoms with Crippen LogP contribution in [-0.4, -0.2) is 43.9 Å². The van der Waals surface area contributed by atoms with Crippen molar-refractivity contribution in [3.05, 3.63) is 102 Å². The van der Waals surface area contributed by atoms with Gasteiger partial charge in [-0.05, 0) is 66.9 Å². The molecule has 3 aromatic rings. The number of nitrogens with zero attached hydrogens (tertiary/aromatic N) is 1. The molecule has 3 rings (SSSR count). The zero-order valence-electron chi connectivity index (χ0n) is 21.1. The summed E-state index contributed by atoms with van der Waals surface area (Å²) in [6.07, 6.45) is 2.79. The van der Waals surface area contributed by atoms with Gasteiger partial charge in [-0.3, -0.25) is 0 Å². The Balaban J connectivity index is 2.23. The van der Waals surface area contributed by atoms with Gasteiger partial charge in [-0.2, -0.15) is 0 Å². The van der Waals surface area contributed by atoms with Crippen molar-refractivity contribution in [3.63, 3.8) is 0 Å². The van der Waals surface area contributed by atoms with Crippen molar-refractivity contribution >= 4 is 11.1 Å². The molecule has 0 aliphatic heterocycles. The quantitative estimate of drug-likeness (QED) is 0.304. The fraction of sp³-hybridized carbons (Fsp3) is 0.355. The fourth-order valence-electron chi connectivity index (χ4n) is 4.67. The summed E-state index contributed by atoms with van der Waals surface area (Å²) < 4.78 is 5.95. The molecule has 3 aromatic carbocycles. The zero-order chi connectivity index (χ0) is 24.4. The van der Waals surface area contributed by atoms with Crippen LogP contribution in [0.5, 0.6) is 5.75 Å². The molecule has 0 aliphatic carbocycles. The summed E-state index contributed by atoms with van der Waals surface area (Å²) in [5.74, 6) is 0.872. The van der Waals surface area contributed by atoms with Crippen LogP contribution in [0.2, 0.25) is 0 Å². The van der Waals surface area contributed by atoms with Crippen LogP contribution in [0, 0.1) is 5.41 Å². The highest BCUT2D eigenvalue weighted by molar-refractivity contribution is 6.00. The first-order valence-electron chi connectivity index (χ1n) is 12.4. The van der Waals surface area contributed by atoms with E-state index in [0.717, 1.165) is 48.2 Å². The molecule has 1 unspecified atom stereocenters. The Hall–Kier alpha value is -2.88. The highest BCUT2D eigenvalue weighted by Gasteiger charge is 2.35. The second-order valence-electron chi connectivity index (χ2n) is 9.20. The number of rotatable bonds is 12. The molecule has 34 heavy (non-hydrogen) atoms. The summed E-state index contributed by atoms with van der Waals surface area (Å²) in [4.78, 5) is 2.11. The van der Waals surface area contributed by atoms with E-state index in [-0.39, 0.29) is 12.0 Å². The molecule has 0 bridgehead atoms. The standard InChI is InChI=1S/C31H39NO2/c1-5-21-31(6-2,24-33)30(27-15-11-8-12-16-27)29(25-13-9-7-10-14-25)26-17-19-28(20-18-26)34-23-22-32(3)4/h7-20,33H,5-6,21-24H2,1-4H3/b30-29+. The number of hydrogen-bond acceptors (Lipinski definition) is 3. The largest absolute Gasteiger partial charge is 0.492 e. The lowest BCUT2D eigenvalue weighted by Gasteiger charge is -2.36. The molecule has 0 spiro atoms. The van der Waals surface area contributed by atoms with Crippen LogP contribution in [0.25, 0.3) is 11.1 Å². The predicted molar refractivity (Wildman–Crippen MR) is 144 cm³/mol. The van der Waals surface area contributed by atoms with Gasteiger partial charge in [0.05, 0.1) is 6.61 Å². The van der Waals surface area contributed by atoms with E-state index in [0.29, 0.717) is 6.61 Å². The smallest absolute Gasteiger partial charge is 0.119 e. The average molecular weight is 458 g/mol. The minimum absolute atomic E-state index is 0.115. The van der Waals surface area contributed by atoms with Gasteiger partial charge >= 0.3 is 0 Å². The molecule has 3 heteroatoms. The Labute approximate surface area is 205 Å². The lowest BCUT2D eigenvalue weighted by Crippen LogP contribution is -2.27. The van der Waals surface area contributed by atoms with Crippen LogP contribution in [0.15, 0.2) is 84.9 Å². The Morgan fingerprint density at radius 1 is 0.794 bits per heavy atom. The van der Waals surface area contributed by atoms with Crippen LogP contribution >= 0.6 is 0 Å². The van der Waals surface area contributed by atoms with Gasteiger partial charge in [0, 0.05) is 12.0 Å². The SMILES string of the molecule is CCCC(CC)(CO)/C(=C(\c1ccccc1)c1ccc(OCCN(C)C)cc1)c1ccccc1. The number of hydrogen-bond donors (Lipinski definition) is 1. The molecule has 0 radical (unpaired) electrons. The van der Waals surface area contributed by atoms with Crippen molar-refractivity contribution in [3.8, 4) is 5.75 Å². The highest BCUT2D eigenvalue weighted by atomic mass is 16.5. The van der Waals surface area contributed by atoms with Crippen molar-refractivity contribution in [2.75, 3.05) is 33.9 Å². The van der Waals surface area contributed by atoms with Crippen molar-refractivity contribution in [1.82, 2.24) is 4.90 Å². The Kier molecular flexibility index (Phi) is 9.50. The normalized spacial score (nSPS) is 13.9. The average Bonchev–Trinajstić information content (AvgIpc) is 2.87. The second kappa shape index (κ2) is 12.5. The summed E-state index contributed by atoms with van der Waals surface area (Å²) in [5.41, 5.74) is 5.51. The van der Waals surface area contributed by atoms with Gasteiger partial charge < -0.3 is 14.7 Å². The van der Waals surface area contributed by atoms with E-state index in [1.807, 2.05) is 14.1 Å². The molecule has 180 valence electrons. The lowest BCUT2D eigenvalue weighted by atomic mass is 9.68. The second-order valence-corrected chi connectivity index (χ2v) is 9.20. The van der Waals surface area contributed by atoms with Gasteiger partial charge in [-0.1, -0.05) is 93.1 Å². The molecule has 0 fully saturated rings. The Morgan fingerprint density at radius 2 is 1.35 bits per heavy atom. The maximum absolute atomic E-state index is 10.8.